The zero-order valence-electron chi connectivity index (χ0n) is 7.70. The molecule has 74 valence electrons. The van der Waals surface area contributed by atoms with E-state index in [1.807, 2.05) is 34.4 Å². The highest BCUT2D eigenvalue weighted by Crippen LogP contribution is 2.26. The maximum atomic E-state index is 8.36. The Morgan fingerprint density at radius 3 is 2.87 bits per heavy atom. The fourth-order valence-electron chi connectivity index (χ4n) is 1.11. The van der Waals surface area contributed by atoms with Crippen LogP contribution in [0.2, 0.25) is 0 Å². The molecule has 0 saturated heterocycles. The van der Waals surface area contributed by atoms with Crippen molar-refractivity contribution in [2.45, 2.75) is 0 Å². The summed E-state index contributed by atoms with van der Waals surface area (Å²) in [6.07, 6.45) is 3.97. The van der Waals surface area contributed by atoms with Crippen LogP contribution in [0.3, 0.4) is 0 Å². The molecule has 2 aromatic rings. The van der Waals surface area contributed by atoms with Crippen molar-refractivity contribution >= 4 is 40.5 Å². The van der Waals surface area contributed by atoms with Crippen molar-refractivity contribution in [3.05, 3.63) is 49.2 Å². The third-order valence-electron chi connectivity index (χ3n) is 1.82. The van der Waals surface area contributed by atoms with Crippen molar-refractivity contribution < 1.29 is 0 Å². The predicted octanol–water partition coefficient (Wildman–Crippen LogP) is 4.92. The van der Waals surface area contributed by atoms with Crippen LogP contribution in [-0.4, -0.2) is 0 Å². The lowest BCUT2D eigenvalue weighted by atomic mass is 10.2. The summed E-state index contributed by atoms with van der Waals surface area (Å²) in [6, 6.07) is 2.04. The molecule has 0 aliphatic rings. The standard InChI is InChI=1S/C10H7N3S2/c11-13-12-10-7-15-6-9(10)2-1-8-3-4-14-5-8/h1-7H/b2-1+. The third kappa shape index (κ3) is 2.47. The Bertz CT molecular complexity index is 505. The van der Waals surface area contributed by atoms with Gasteiger partial charge in [-0.1, -0.05) is 17.3 Å². The van der Waals surface area contributed by atoms with Crippen molar-refractivity contribution in [1.29, 1.82) is 0 Å². The van der Waals surface area contributed by atoms with Gasteiger partial charge < -0.3 is 0 Å². The van der Waals surface area contributed by atoms with Crippen molar-refractivity contribution in [2.24, 2.45) is 5.11 Å². The smallest absolute Gasteiger partial charge is 0.0554 e. The van der Waals surface area contributed by atoms with E-state index in [1.54, 1.807) is 11.3 Å². The fraction of sp³-hybridized carbons (Fsp3) is 0. The minimum atomic E-state index is 0.689. The van der Waals surface area contributed by atoms with E-state index in [0.717, 1.165) is 11.1 Å². The molecule has 0 radical (unpaired) electrons. The number of thiophene rings is 2. The SMILES string of the molecule is [N-]=[N+]=Nc1cscc1/C=C/c1ccsc1. The Morgan fingerprint density at radius 2 is 2.13 bits per heavy atom. The molecule has 5 heteroatoms. The van der Waals surface area contributed by atoms with E-state index in [1.165, 1.54) is 11.3 Å². The van der Waals surface area contributed by atoms with Crippen molar-refractivity contribution in [3.63, 3.8) is 0 Å². The summed E-state index contributed by atoms with van der Waals surface area (Å²) in [6.45, 7) is 0. The van der Waals surface area contributed by atoms with Gasteiger partial charge in [0.05, 0.1) is 5.69 Å². The van der Waals surface area contributed by atoms with Crippen molar-refractivity contribution in [3.8, 4) is 0 Å². The number of rotatable bonds is 3. The number of azide groups is 1. The van der Waals surface area contributed by atoms with Crippen LogP contribution in [0.4, 0.5) is 5.69 Å². The van der Waals surface area contributed by atoms with Crippen molar-refractivity contribution in [2.75, 3.05) is 0 Å². The summed E-state index contributed by atoms with van der Waals surface area (Å²) in [5.74, 6) is 0. The third-order valence-corrected chi connectivity index (χ3v) is 3.27. The van der Waals surface area contributed by atoms with Crippen LogP contribution in [0.15, 0.2) is 32.7 Å². The molecule has 0 saturated carbocycles. The van der Waals surface area contributed by atoms with Gasteiger partial charge in [-0.2, -0.15) is 22.7 Å². The summed E-state index contributed by atoms with van der Waals surface area (Å²) in [4.78, 5) is 2.78. The predicted molar refractivity (Wildman–Crippen MR) is 66.4 cm³/mol. The number of nitrogens with zero attached hydrogens (tertiary/aromatic N) is 3. The second kappa shape index (κ2) is 4.79. The topological polar surface area (TPSA) is 48.8 Å². The highest BCUT2D eigenvalue weighted by molar-refractivity contribution is 7.08. The largest absolute Gasteiger partial charge is 0.152 e. The fourth-order valence-corrected chi connectivity index (χ4v) is 2.46. The Morgan fingerprint density at radius 1 is 1.20 bits per heavy atom. The van der Waals surface area contributed by atoms with Gasteiger partial charge in [-0.15, -0.1) is 0 Å². The lowest BCUT2D eigenvalue weighted by Gasteiger charge is -1.88. The highest BCUT2D eigenvalue weighted by atomic mass is 32.1. The molecule has 3 nitrogen and oxygen atoms in total. The van der Waals surface area contributed by atoms with E-state index >= 15 is 0 Å². The molecule has 0 aliphatic carbocycles. The lowest BCUT2D eigenvalue weighted by Crippen LogP contribution is -1.64. The Hall–Kier alpha value is -1.55. The molecule has 2 rings (SSSR count). The molecule has 0 bridgehead atoms. The van der Waals surface area contributed by atoms with Gasteiger partial charge in [0.25, 0.3) is 0 Å². The van der Waals surface area contributed by atoms with Crippen LogP contribution in [0.25, 0.3) is 22.6 Å². The summed E-state index contributed by atoms with van der Waals surface area (Å²) in [7, 11) is 0. The minimum Gasteiger partial charge on any atom is -0.152 e. The molecule has 0 unspecified atom stereocenters. The molecule has 0 amide bonds. The van der Waals surface area contributed by atoms with Gasteiger partial charge in [-0.3, -0.25) is 0 Å². The van der Waals surface area contributed by atoms with Gasteiger partial charge in [0.1, 0.15) is 0 Å². The van der Waals surface area contributed by atoms with Gasteiger partial charge in [-0.05, 0) is 38.9 Å². The monoisotopic (exact) mass is 233 g/mol. The first-order chi connectivity index (χ1) is 7.40. The zero-order valence-corrected chi connectivity index (χ0v) is 9.33. The number of hydrogen-bond donors (Lipinski definition) is 0. The molecule has 0 fully saturated rings. The van der Waals surface area contributed by atoms with Crippen LogP contribution >= 0.6 is 22.7 Å². The molecule has 0 aromatic carbocycles. The van der Waals surface area contributed by atoms with Crippen LogP contribution in [0.5, 0.6) is 0 Å². The second-order valence-corrected chi connectivity index (χ2v) is 4.32. The summed E-state index contributed by atoms with van der Waals surface area (Å²) in [5.41, 5.74) is 11.2. The van der Waals surface area contributed by atoms with Crippen LogP contribution in [0.1, 0.15) is 11.1 Å². The van der Waals surface area contributed by atoms with Crippen molar-refractivity contribution in [1.82, 2.24) is 0 Å². The average Bonchev–Trinajstić information content (AvgIpc) is 2.85. The molecular weight excluding hydrogens is 226 g/mol. The maximum absolute atomic E-state index is 8.36. The molecule has 0 atom stereocenters. The molecular formula is C10H7N3S2. The normalized spacial score (nSPS) is 10.4. The van der Waals surface area contributed by atoms with E-state index in [9.17, 15) is 0 Å². The second-order valence-electron chi connectivity index (χ2n) is 2.79. The number of hydrogen-bond acceptors (Lipinski definition) is 3. The first-order valence-electron chi connectivity index (χ1n) is 4.22. The molecule has 2 aromatic heterocycles. The Balaban J connectivity index is 2.24. The zero-order chi connectivity index (χ0) is 10.5. The van der Waals surface area contributed by atoms with Crippen LogP contribution < -0.4 is 0 Å². The van der Waals surface area contributed by atoms with Crippen LogP contribution in [0, 0.1) is 0 Å². The first kappa shape index (κ1) is 9.98. The summed E-state index contributed by atoms with van der Waals surface area (Å²) in [5, 5.41) is 11.5. The van der Waals surface area contributed by atoms with E-state index < -0.39 is 0 Å². The van der Waals surface area contributed by atoms with Gasteiger partial charge in [0, 0.05) is 10.3 Å². The first-order valence-corrected chi connectivity index (χ1v) is 6.10. The minimum absolute atomic E-state index is 0.689. The quantitative estimate of drug-likeness (QED) is 0.410. The van der Waals surface area contributed by atoms with E-state index in [2.05, 4.69) is 15.4 Å². The lowest BCUT2D eigenvalue weighted by molar-refractivity contribution is 1.51. The molecule has 0 N–H and O–H groups in total. The van der Waals surface area contributed by atoms with Gasteiger partial charge in [0.15, 0.2) is 0 Å². The van der Waals surface area contributed by atoms with E-state index in [0.29, 0.717) is 5.69 Å². The molecule has 0 aliphatic heterocycles. The van der Waals surface area contributed by atoms with E-state index in [-0.39, 0.29) is 0 Å². The Kier molecular flexibility index (Phi) is 3.19. The average molecular weight is 233 g/mol. The molecule has 15 heavy (non-hydrogen) atoms. The maximum Gasteiger partial charge on any atom is 0.0554 e. The van der Waals surface area contributed by atoms with Crippen LogP contribution in [-0.2, 0) is 0 Å². The van der Waals surface area contributed by atoms with E-state index in [4.69, 9.17) is 5.53 Å². The molecule has 2 heterocycles. The summed E-state index contributed by atoms with van der Waals surface area (Å²) >= 11 is 3.19. The highest BCUT2D eigenvalue weighted by Gasteiger charge is 1.97. The molecule has 0 spiro atoms. The summed E-state index contributed by atoms with van der Waals surface area (Å²) < 4.78 is 0. The van der Waals surface area contributed by atoms with Gasteiger partial charge >= 0.3 is 0 Å². The van der Waals surface area contributed by atoms with Gasteiger partial charge in [0.2, 0.25) is 0 Å². The Labute approximate surface area is 94.9 Å². The van der Waals surface area contributed by atoms with Gasteiger partial charge in [-0.25, -0.2) is 0 Å².